The zero-order chi connectivity index (χ0) is 13.2. The van der Waals surface area contributed by atoms with Crippen molar-refractivity contribution in [3.63, 3.8) is 0 Å². The minimum atomic E-state index is 0.0876. The van der Waals surface area contributed by atoms with Crippen molar-refractivity contribution < 1.29 is 14.6 Å². The first-order chi connectivity index (χ1) is 9.26. The van der Waals surface area contributed by atoms with Crippen LogP contribution in [0.3, 0.4) is 0 Å². The van der Waals surface area contributed by atoms with E-state index in [0.717, 1.165) is 36.9 Å². The van der Waals surface area contributed by atoms with E-state index >= 15 is 0 Å². The highest BCUT2D eigenvalue weighted by Gasteiger charge is 2.29. The highest BCUT2D eigenvalue weighted by atomic mass is 35.5. The Labute approximate surface area is 117 Å². The molecule has 1 fully saturated rings. The number of fused-ring (bicyclic) bond motifs is 1. The van der Waals surface area contributed by atoms with Gasteiger partial charge in [0.15, 0.2) is 0 Å². The van der Waals surface area contributed by atoms with Crippen molar-refractivity contribution in [3.8, 4) is 5.75 Å². The van der Waals surface area contributed by atoms with Crippen LogP contribution >= 0.6 is 11.6 Å². The van der Waals surface area contributed by atoms with E-state index in [1.54, 1.807) is 0 Å². The minimum Gasteiger partial charge on any atom is -0.488 e. The summed E-state index contributed by atoms with van der Waals surface area (Å²) in [4.78, 5) is 2.25. The Balaban J connectivity index is 1.63. The lowest BCUT2D eigenvalue weighted by Gasteiger charge is -2.35. The summed E-state index contributed by atoms with van der Waals surface area (Å²) in [6.07, 6.45) is 1.02. The summed E-state index contributed by atoms with van der Waals surface area (Å²) in [6.45, 7) is 3.12. The first-order valence-electron chi connectivity index (χ1n) is 6.64. The third kappa shape index (κ3) is 2.87. The molecule has 0 radical (unpaired) electrons. The van der Waals surface area contributed by atoms with Gasteiger partial charge in [0.2, 0.25) is 0 Å². The van der Waals surface area contributed by atoms with E-state index in [9.17, 15) is 5.11 Å². The molecular formula is C14H18ClNO3. The number of hydrogen-bond acceptors (Lipinski definition) is 4. The molecule has 2 heterocycles. The maximum Gasteiger partial charge on any atom is 0.123 e. The Bertz CT molecular complexity index is 454. The number of hydrogen-bond donors (Lipinski definition) is 1. The van der Waals surface area contributed by atoms with Crippen LogP contribution in [0.1, 0.15) is 5.56 Å². The van der Waals surface area contributed by atoms with Crippen LogP contribution in [0.2, 0.25) is 5.02 Å². The van der Waals surface area contributed by atoms with Crippen LogP contribution in [0.25, 0.3) is 0 Å². The molecule has 2 aliphatic rings. The van der Waals surface area contributed by atoms with Gasteiger partial charge in [-0.2, -0.15) is 0 Å². The van der Waals surface area contributed by atoms with E-state index in [1.807, 2.05) is 18.2 Å². The number of benzene rings is 1. The predicted molar refractivity (Wildman–Crippen MR) is 72.8 cm³/mol. The number of aliphatic hydroxyl groups excluding tert-OH is 1. The summed E-state index contributed by atoms with van der Waals surface area (Å²) in [6, 6.07) is 5.85. The van der Waals surface area contributed by atoms with Gasteiger partial charge in [-0.25, -0.2) is 0 Å². The van der Waals surface area contributed by atoms with Crippen molar-refractivity contribution >= 4 is 11.6 Å². The van der Waals surface area contributed by atoms with Crippen molar-refractivity contribution in [3.05, 3.63) is 28.8 Å². The predicted octanol–water partition coefficient (Wildman–Crippen LogP) is 1.34. The van der Waals surface area contributed by atoms with Crippen LogP contribution in [-0.4, -0.2) is 55.1 Å². The number of halogens is 1. The van der Waals surface area contributed by atoms with Crippen LogP contribution in [0, 0.1) is 0 Å². The van der Waals surface area contributed by atoms with Gasteiger partial charge in [-0.05, 0) is 23.8 Å². The molecule has 1 aromatic rings. The summed E-state index contributed by atoms with van der Waals surface area (Å²) >= 11 is 5.99. The standard InChI is InChI=1S/C14H18ClNO3/c15-11-1-2-14-10(5-11)6-13(19-14)7-16-3-4-18-9-12(16)8-17/h1-2,5,12-13,17H,3-4,6-9H2. The van der Waals surface area contributed by atoms with Crippen LogP contribution in [0.4, 0.5) is 0 Å². The molecule has 1 N–H and O–H groups in total. The molecule has 19 heavy (non-hydrogen) atoms. The zero-order valence-corrected chi connectivity index (χ0v) is 11.5. The van der Waals surface area contributed by atoms with Gasteiger partial charge in [-0.3, -0.25) is 4.90 Å². The summed E-state index contributed by atoms with van der Waals surface area (Å²) in [5.41, 5.74) is 1.17. The minimum absolute atomic E-state index is 0.0876. The summed E-state index contributed by atoms with van der Waals surface area (Å²) < 4.78 is 11.3. The first-order valence-corrected chi connectivity index (χ1v) is 7.02. The molecule has 4 nitrogen and oxygen atoms in total. The topological polar surface area (TPSA) is 41.9 Å². The normalized spacial score (nSPS) is 27.1. The number of morpholine rings is 1. The highest BCUT2D eigenvalue weighted by molar-refractivity contribution is 6.30. The quantitative estimate of drug-likeness (QED) is 0.909. The maximum absolute atomic E-state index is 9.37. The summed E-state index contributed by atoms with van der Waals surface area (Å²) in [7, 11) is 0. The van der Waals surface area contributed by atoms with E-state index in [1.165, 1.54) is 5.56 Å². The molecule has 5 heteroatoms. The molecule has 0 aliphatic carbocycles. The fourth-order valence-electron chi connectivity index (χ4n) is 2.75. The number of ether oxygens (including phenoxy) is 2. The van der Waals surface area contributed by atoms with Gasteiger partial charge in [0.25, 0.3) is 0 Å². The van der Waals surface area contributed by atoms with Gasteiger partial charge in [0.05, 0.1) is 25.9 Å². The van der Waals surface area contributed by atoms with Crippen molar-refractivity contribution in [1.82, 2.24) is 4.90 Å². The first kappa shape index (κ1) is 13.2. The lowest BCUT2D eigenvalue weighted by atomic mass is 10.1. The molecule has 1 aromatic carbocycles. The van der Waals surface area contributed by atoms with Crippen molar-refractivity contribution in [2.24, 2.45) is 0 Å². The van der Waals surface area contributed by atoms with Crippen LogP contribution in [0.15, 0.2) is 18.2 Å². The molecule has 0 spiro atoms. The van der Waals surface area contributed by atoms with Gasteiger partial charge in [-0.15, -0.1) is 0 Å². The van der Waals surface area contributed by atoms with E-state index in [2.05, 4.69) is 4.90 Å². The van der Waals surface area contributed by atoms with Gasteiger partial charge < -0.3 is 14.6 Å². The van der Waals surface area contributed by atoms with Gasteiger partial charge >= 0.3 is 0 Å². The average Bonchev–Trinajstić information content (AvgIpc) is 2.80. The molecular weight excluding hydrogens is 266 g/mol. The Morgan fingerprint density at radius 1 is 1.42 bits per heavy atom. The van der Waals surface area contributed by atoms with E-state index in [0.29, 0.717) is 6.61 Å². The largest absolute Gasteiger partial charge is 0.488 e. The van der Waals surface area contributed by atoms with Gasteiger partial charge in [-0.1, -0.05) is 11.6 Å². The summed E-state index contributed by atoms with van der Waals surface area (Å²) in [5, 5.41) is 10.1. The monoisotopic (exact) mass is 283 g/mol. The Hall–Kier alpha value is -0.810. The number of rotatable bonds is 3. The van der Waals surface area contributed by atoms with Gasteiger partial charge in [0, 0.05) is 24.5 Å². The fourth-order valence-corrected chi connectivity index (χ4v) is 2.94. The van der Waals surface area contributed by atoms with Crippen LogP contribution in [0.5, 0.6) is 5.75 Å². The Kier molecular flexibility index (Phi) is 3.93. The molecule has 2 unspecified atom stereocenters. The zero-order valence-electron chi connectivity index (χ0n) is 10.7. The van der Waals surface area contributed by atoms with Crippen molar-refractivity contribution in [1.29, 1.82) is 0 Å². The Morgan fingerprint density at radius 2 is 2.32 bits per heavy atom. The highest BCUT2D eigenvalue weighted by Crippen LogP contribution is 2.31. The molecule has 0 bridgehead atoms. The van der Waals surface area contributed by atoms with Gasteiger partial charge in [0.1, 0.15) is 11.9 Å². The third-order valence-corrected chi connectivity index (χ3v) is 4.00. The molecule has 2 aliphatic heterocycles. The second-order valence-electron chi connectivity index (χ2n) is 5.10. The average molecular weight is 284 g/mol. The van der Waals surface area contributed by atoms with Crippen LogP contribution in [-0.2, 0) is 11.2 Å². The molecule has 1 saturated heterocycles. The smallest absolute Gasteiger partial charge is 0.123 e. The maximum atomic E-state index is 9.37. The fraction of sp³-hybridized carbons (Fsp3) is 0.571. The number of aliphatic hydroxyl groups is 1. The summed E-state index contributed by atoms with van der Waals surface area (Å²) in [5.74, 6) is 0.934. The van der Waals surface area contributed by atoms with Crippen LogP contribution < -0.4 is 4.74 Å². The second kappa shape index (κ2) is 5.67. The van der Waals surface area contributed by atoms with E-state index in [4.69, 9.17) is 21.1 Å². The molecule has 3 rings (SSSR count). The lowest BCUT2D eigenvalue weighted by Crippen LogP contribution is -2.50. The third-order valence-electron chi connectivity index (χ3n) is 3.76. The van der Waals surface area contributed by atoms with Crippen molar-refractivity contribution in [2.75, 3.05) is 32.9 Å². The molecule has 0 saturated carbocycles. The Morgan fingerprint density at radius 3 is 3.16 bits per heavy atom. The molecule has 2 atom stereocenters. The molecule has 104 valence electrons. The molecule has 0 amide bonds. The second-order valence-corrected chi connectivity index (χ2v) is 5.54. The van der Waals surface area contributed by atoms with E-state index in [-0.39, 0.29) is 18.8 Å². The lowest BCUT2D eigenvalue weighted by molar-refractivity contribution is -0.0385. The molecule has 0 aromatic heterocycles. The van der Waals surface area contributed by atoms with Crippen molar-refractivity contribution in [2.45, 2.75) is 18.6 Å². The van der Waals surface area contributed by atoms with E-state index < -0.39 is 0 Å². The SMILES string of the molecule is OCC1COCCN1CC1Cc2cc(Cl)ccc2O1. The number of nitrogens with zero attached hydrogens (tertiary/aromatic N) is 1.